The van der Waals surface area contributed by atoms with Gasteiger partial charge in [0.05, 0.1) is 12.4 Å². The zero-order chi connectivity index (χ0) is 20.6. The van der Waals surface area contributed by atoms with Gasteiger partial charge in [0, 0.05) is 51.2 Å². The minimum Gasteiger partial charge on any atom is -0.352 e. The quantitative estimate of drug-likeness (QED) is 0.582. The lowest BCUT2D eigenvalue weighted by molar-refractivity contribution is 0.0953. The van der Waals surface area contributed by atoms with Gasteiger partial charge in [-0.1, -0.05) is 26.0 Å². The summed E-state index contributed by atoms with van der Waals surface area (Å²) < 4.78 is 2.20. The molecule has 29 heavy (non-hydrogen) atoms. The van der Waals surface area contributed by atoms with Crippen LogP contribution in [0.2, 0.25) is 0 Å². The van der Waals surface area contributed by atoms with E-state index in [4.69, 9.17) is 0 Å². The number of nitrogens with zero attached hydrogens (tertiary/aromatic N) is 4. The van der Waals surface area contributed by atoms with Gasteiger partial charge in [-0.2, -0.15) is 0 Å². The van der Waals surface area contributed by atoms with Crippen molar-refractivity contribution in [1.29, 1.82) is 0 Å². The van der Waals surface area contributed by atoms with Crippen LogP contribution in [0, 0.1) is 5.92 Å². The first kappa shape index (κ1) is 20.9. The van der Waals surface area contributed by atoms with Crippen molar-refractivity contribution in [3.8, 4) is 0 Å². The molecule has 1 aromatic carbocycles. The molecule has 0 saturated carbocycles. The van der Waals surface area contributed by atoms with E-state index in [1.54, 1.807) is 0 Å². The largest absolute Gasteiger partial charge is 0.352 e. The Labute approximate surface area is 173 Å². The molecule has 1 aliphatic heterocycles. The molecule has 1 aliphatic rings. The molecule has 0 bridgehead atoms. The van der Waals surface area contributed by atoms with Crippen LogP contribution in [-0.4, -0.2) is 53.0 Å². The predicted molar refractivity (Wildman–Crippen MR) is 116 cm³/mol. The summed E-state index contributed by atoms with van der Waals surface area (Å²) >= 11 is 0. The summed E-state index contributed by atoms with van der Waals surface area (Å²) in [4.78, 5) is 23.2. The van der Waals surface area contributed by atoms with E-state index in [0.717, 1.165) is 37.5 Å². The lowest BCUT2D eigenvalue weighted by Gasteiger charge is -2.39. The van der Waals surface area contributed by atoms with Gasteiger partial charge in [0.1, 0.15) is 0 Å². The lowest BCUT2D eigenvalue weighted by atomic mass is 9.93. The fourth-order valence-corrected chi connectivity index (χ4v) is 3.77. The van der Waals surface area contributed by atoms with E-state index in [9.17, 15) is 4.79 Å². The van der Waals surface area contributed by atoms with Crippen molar-refractivity contribution < 1.29 is 4.79 Å². The number of carbonyl (C=O) groups is 1. The predicted octanol–water partition coefficient (Wildman–Crippen LogP) is 2.68. The number of nitrogens with one attached hydrogen (secondary N) is 2. The first-order valence-electron chi connectivity index (χ1n) is 10.4. The molecule has 1 fully saturated rings. The van der Waals surface area contributed by atoms with Crippen molar-refractivity contribution in [1.82, 2.24) is 25.1 Å². The Morgan fingerprint density at radius 1 is 1.34 bits per heavy atom. The van der Waals surface area contributed by atoms with Crippen LogP contribution in [0.1, 0.15) is 48.7 Å². The van der Waals surface area contributed by atoms with Crippen LogP contribution in [-0.2, 0) is 6.54 Å². The molecular weight excluding hydrogens is 364 g/mol. The maximum Gasteiger partial charge on any atom is 0.251 e. The third-order valence-corrected chi connectivity index (χ3v) is 5.51. The van der Waals surface area contributed by atoms with Gasteiger partial charge in [0.2, 0.25) is 0 Å². The van der Waals surface area contributed by atoms with Gasteiger partial charge in [-0.05, 0) is 36.5 Å². The van der Waals surface area contributed by atoms with Crippen LogP contribution in [0.4, 0.5) is 0 Å². The minimum atomic E-state index is -0.0220. The molecule has 3 rings (SSSR count). The van der Waals surface area contributed by atoms with E-state index in [2.05, 4.69) is 37.0 Å². The van der Waals surface area contributed by atoms with E-state index in [0.29, 0.717) is 30.6 Å². The van der Waals surface area contributed by atoms with Gasteiger partial charge < -0.3 is 20.1 Å². The second-order valence-electron chi connectivity index (χ2n) is 7.65. The fraction of sp³-hybridized carbons (Fsp3) is 0.500. The van der Waals surface area contributed by atoms with Crippen molar-refractivity contribution in [3.05, 3.63) is 54.1 Å². The number of imidazole rings is 1. The first-order valence-corrected chi connectivity index (χ1v) is 10.4. The monoisotopic (exact) mass is 396 g/mol. The van der Waals surface area contributed by atoms with Crippen LogP contribution in [0.25, 0.3) is 0 Å². The molecule has 2 atom stereocenters. The highest BCUT2D eigenvalue weighted by Gasteiger charge is 2.28. The number of piperidine rings is 1. The molecule has 1 saturated heterocycles. The third kappa shape index (κ3) is 5.37. The Morgan fingerprint density at radius 3 is 2.93 bits per heavy atom. The number of aliphatic imine (C=N–C) groups is 1. The number of benzene rings is 1. The number of hydrogen-bond donors (Lipinski definition) is 2. The van der Waals surface area contributed by atoms with Crippen molar-refractivity contribution in [3.63, 3.8) is 0 Å². The minimum absolute atomic E-state index is 0.0220. The SMILES string of the molecule is CCCNC(=O)c1cccc(CNC(=NC)N2CCC(C)C(n3ccnc3)C2)c1. The van der Waals surface area contributed by atoms with E-state index in [1.807, 2.05) is 57.0 Å². The van der Waals surface area contributed by atoms with Gasteiger partial charge in [-0.25, -0.2) is 4.98 Å². The molecule has 2 aromatic rings. The molecule has 2 heterocycles. The van der Waals surface area contributed by atoms with Gasteiger partial charge in [-0.15, -0.1) is 0 Å². The Hall–Kier alpha value is -2.83. The molecule has 7 nitrogen and oxygen atoms in total. The number of aromatic nitrogens is 2. The van der Waals surface area contributed by atoms with Crippen molar-refractivity contribution in [2.75, 3.05) is 26.7 Å². The van der Waals surface area contributed by atoms with Crippen molar-refractivity contribution in [2.45, 2.75) is 39.3 Å². The summed E-state index contributed by atoms with van der Waals surface area (Å²) in [6, 6.07) is 8.14. The summed E-state index contributed by atoms with van der Waals surface area (Å²) in [6.45, 7) is 7.54. The Morgan fingerprint density at radius 2 is 2.21 bits per heavy atom. The standard InChI is InChI=1S/C22H32N6O/c1-4-9-25-21(29)19-7-5-6-18(13-19)14-26-22(23-3)27-11-8-17(2)20(15-27)28-12-10-24-16-28/h5-7,10,12-13,16-17,20H,4,8-9,11,14-15H2,1-3H3,(H,23,26)(H,25,29). The van der Waals surface area contributed by atoms with Gasteiger partial charge >= 0.3 is 0 Å². The summed E-state index contributed by atoms with van der Waals surface area (Å²) in [5.41, 5.74) is 1.76. The molecule has 0 radical (unpaired) electrons. The number of amides is 1. The van der Waals surface area contributed by atoms with Gasteiger partial charge in [0.25, 0.3) is 5.91 Å². The number of guanidine groups is 1. The fourth-order valence-electron chi connectivity index (χ4n) is 3.77. The summed E-state index contributed by atoms with van der Waals surface area (Å²) in [5.74, 6) is 1.46. The second kappa shape index (κ2) is 10.1. The van der Waals surface area contributed by atoms with Crippen LogP contribution < -0.4 is 10.6 Å². The zero-order valence-corrected chi connectivity index (χ0v) is 17.6. The second-order valence-corrected chi connectivity index (χ2v) is 7.65. The van der Waals surface area contributed by atoms with Gasteiger partial charge in [0.15, 0.2) is 5.96 Å². The molecule has 2 unspecified atom stereocenters. The zero-order valence-electron chi connectivity index (χ0n) is 17.6. The smallest absolute Gasteiger partial charge is 0.251 e. The molecule has 1 amide bonds. The number of rotatable bonds is 6. The van der Waals surface area contributed by atoms with Crippen LogP contribution >= 0.6 is 0 Å². The maximum atomic E-state index is 12.2. The highest BCUT2D eigenvalue weighted by molar-refractivity contribution is 5.94. The average molecular weight is 397 g/mol. The number of likely N-dealkylation sites (tertiary alicyclic amines) is 1. The van der Waals surface area contributed by atoms with Crippen molar-refractivity contribution in [2.24, 2.45) is 10.9 Å². The Bertz CT molecular complexity index is 816. The van der Waals surface area contributed by atoms with Crippen LogP contribution in [0.5, 0.6) is 0 Å². The van der Waals surface area contributed by atoms with Crippen LogP contribution in [0.15, 0.2) is 48.0 Å². The molecular formula is C22H32N6O. The summed E-state index contributed by atoms with van der Waals surface area (Å²) in [7, 11) is 1.82. The van der Waals surface area contributed by atoms with E-state index < -0.39 is 0 Å². The molecule has 0 aliphatic carbocycles. The number of hydrogen-bond acceptors (Lipinski definition) is 3. The topological polar surface area (TPSA) is 74.6 Å². The molecule has 2 N–H and O–H groups in total. The Balaban J connectivity index is 1.61. The molecule has 1 aromatic heterocycles. The van der Waals surface area contributed by atoms with E-state index >= 15 is 0 Å². The molecule has 7 heteroatoms. The average Bonchev–Trinajstić information content (AvgIpc) is 3.28. The normalized spacial score (nSPS) is 19.8. The van der Waals surface area contributed by atoms with Gasteiger partial charge in [-0.3, -0.25) is 9.79 Å². The molecule has 0 spiro atoms. The third-order valence-electron chi connectivity index (χ3n) is 5.51. The number of carbonyl (C=O) groups excluding carboxylic acids is 1. The van der Waals surface area contributed by atoms with Crippen molar-refractivity contribution >= 4 is 11.9 Å². The Kier molecular flexibility index (Phi) is 7.27. The highest BCUT2D eigenvalue weighted by Crippen LogP contribution is 2.27. The summed E-state index contributed by atoms with van der Waals surface area (Å²) in [5, 5.41) is 6.39. The molecule has 156 valence electrons. The van der Waals surface area contributed by atoms with Crippen LogP contribution in [0.3, 0.4) is 0 Å². The highest BCUT2D eigenvalue weighted by atomic mass is 16.1. The maximum absolute atomic E-state index is 12.2. The van der Waals surface area contributed by atoms with E-state index in [1.165, 1.54) is 0 Å². The first-order chi connectivity index (χ1) is 14.1. The summed E-state index contributed by atoms with van der Waals surface area (Å²) in [6.07, 6.45) is 7.81. The lowest BCUT2D eigenvalue weighted by Crippen LogP contribution is -2.48. The van der Waals surface area contributed by atoms with E-state index in [-0.39, 0.29) is 5.91 Å².